The van der Waals surface area contributed by atoms with Gasteiger partial charge in [0.15, 0.2) is 6.10 Å². The van der Waals surface area contributed by atoms with Crippen LogP contribution in [0.2, 0.25) is 0 Å². The highest BCUT2D eigenvalue weighted by atomic mass is 16.5. The number of benzene rings is 2. The zero-order valence-corrected chi connectivity index (χ0v) is 18.0. The maximum Gasteiger partial charge on any atom is 0.265 e. The van der Waals surface area contributed by atoms with Gasteiger partial charge in [0.05, 0.1) is 11.3 Å². The quantitative estimate of drug-likeness (QED) is 0.568. The molecular formula is C25H27N3O3. The number of nitrogens with zero attached hydrogens (tertiary/aromatic N) is 1. The second-order valence-corrected chi connectivity index (χ2v) is 7.36. The van der Waals surface area contributed by atoms with Gasteiger partial charge in [-0.3, -0.25) is 14.6 Å². The van der Waals surface area contributed by atoms with Crippen molar-refractivity contribution in [2.45, 2.75) is 39.8 Å². The Bertz CT molecular complexity index is 1050. The molecule has 6 nitrogen and oxygen atoms in total. The van der Waals surface area contributed by atoms with Crippen LogP contribution in [0.5, 0.6) is 5.75 Å². The topological polar surface area (TPSA) is 80.3 Å². The summed E-state index contributed by atoms with van der Waals surface area (Å²) in [6.07, 6.45) is 3.20. The third kappa shape index (κ3) is 5.92. The van der Waals surface area contributed by atoms with E-state index in [9.17, 15) is 9.59 Å². The first-order valence-corrected chi connectivity index (χ1v) is 10.3. The zero-order valence-electron chi connectivity index (χ0n) is 18.0. The van der Waals surface area contributed by atoms with Crippen LogP contribution in [0.4, 0.5) is 5.69 Å². The molecule has 3 rings (SSSR count). The Balaban J connectivity index is 1.69. The number of anilines is 1. The minimum Gasteiger partial charge on any atom is -0.480 e. The van der Waals surface area contributed by atoms with Gasteiger partial charge in [0.1, 0.15) is 5.75 Å². The van der Waals surface area contributed by atoms with E-state index in [2.05, 4.69) is 15.6 Å². The van der Waals surface area contributed by atoms with Gasteiger partial charge in [0.25, 0.3) is 11.8 Å². The van der Waals surface area contributed by atoms with Gasteiger partial charge in [-0.25, -0.2) is 0 Å². The number of hydrogen-bond donors (Lipinski definition) is 2. The molecule has 1 aromatic heterocycles. The third-order valence-electron chi connectivity index (χ3n) is 4.87. The van der Waals surface area contributed by atoms with Gasteiger partial charge >= 0.3 is 0 Å². The fraction of sp³-hybridized carbons (Fsp3) is 0.240. The van der Waals surface area contributed by atoms with E-state index in [0.717, 1.165) is 16.7 Å². The summed E-state index contributed by atoms with van der Waals surface area (Å²) in [6.45, 7) is 6.20. The van der Waals surface area contributed by atoms with Crippen LogP contribution < -0.4 is 15.4 Å². The van der Waals surface area contributed by atoms with E-state index in [1.54, 1.807) is 36.7 Å². The smallest absolute Gasteiger partial charge is 0.265 e. The SMILES string of the molecule is CCC(Oc1ccc(C)cc1C)C(=O)Nc1ccccc1C(=O)NCc1cccnc1. The molecule has 0 spiro atoms. The number of ether oxygens (including phenoxy) is 1. The van der Waals surface area contributed by atoms with Crippen molar-refractivity contribution in [3.8, 4) is 5.75 Å². The first-order valence-electron chi connectivity index (χ1n) is 10.3. The molecule has 0 saturated heterocycles. The van der Waals surface area contributed by atoms with Gasteiger partial charge in [0, 0.05) is 18.9 Å². The summed E-state index contributed by atoms with van der Waals surface area (Å²) < 4.78 is 5.97. The summed E-state index contributed by atoms with van der Waals surface area (Å²) >= 11 is 0. The number of nitrogens with one attached hydrogen (secondary N) is 2. The van der Waals surface area contributed by atoms with Gasteiger partial charge in [-0.1, -0.05) is 42.8 Å². The minimum absolute atomic E-state index is 0.275. The molecular weight excluding hydrogens is 390 g/mol. The highest BCUT2D eigenvalue weighted by Crippen LogP contribution is 2.22. The minimum atomic E-state index is -0.673. The lowest BCUT2D eigenvalue weighted by molar-refractivity contribution is -0.122. The monoisotopic (exact) mass is 417 g/mol. The van der Waals surface area contributed by atoms with E-state index < -0.39 is 6.10 Å². The number of carbonyl (C=O) groups is 2. The van der Waals surface area contributed by atoms with Crippen molar-refractivity contribution in [3.63, 3.8) is 0 Å². The zero-order chi connectivity index (χ0) is 22.2. The van der Waals surface area contributed by atoms with E-state index in [0.29, 0.717) is 30.0 Å². The second kappa shape index (κ2) is 10.4. The van der Waals surface area contributed by atoms with Crippen molar-refractivity contribution >= 4 is 17.5 Å². The molecule has 2 amide bonds. The van der Waals surface area contributed by atoms with Gasteiger partial charge in [-0.15, -0.1) is 0 Å². The molecule has 1 unspecified atom stereocenters. The van der Waals surface area contributed by atoms with Crippen molar-refractivity contribution in [2.24, 2.45) is 0 Å². The van der Waals surface area contributed by atoms with Crippen molar-refractivity contribution in [1.82, 2.24) is 10.3 Å². The Hall–Kier alpha value is -3.67. The molecule has 0 saturated carbocycles. The molecule has 6 heteroatoms. The predicted octanol–water partition coefficient (Wildman–Crippen LogP) is 4.42. The number of aryl methyl sites for hydroxylation is 2. The molecule has 31 heavy (non-hydrogen) atoms. The lowest BCUT2D eigenvalue weighted by Gasteiger charge is -2.20. The second-order valence-electron chi connectivity index (χ2n) is 7.36. The maximum atomic E-state index is 12.9. The average molecular weight is 418 g/mol. The molecule has 1 atom stereocenters. The molecule has 2 aromatic carbocycles. The summed E-state index contributed by atoms with van der Waals surface area (Å²) in [5.74, 6) is 0.105. The largest absolute Gasteiger partial charge is 0.480 e. The Morgan fingerprint density at radius 1 is 1.06 bits per heavy atom. The normalized spacial score (nSPS) is 11.5. The molecule has 1 heterocycles. The standard InChI is InChI=1S/C25H27N3O3/c1-4-22(31-23-12-11-17(2)14-18(23)3)25(30)28-21-10-6-5-9-20(21)24(29)27-16-19-8-7-13-26-15-19/h5-15,22H,4,16H2,1-3H3,(H,27,29)(H,28,30). The molecule has 0 aliphatic carbocycles. The van der Waals surface area contributed by atoms with E-state index in [4.69, 9.17) is 4.74 Å². The van der Waals surface area contributed by atoms with Crippen molar-refractivity contribution < 1.29 is 14.3 Å². The number of pyridine rings is 1. The molecule has 0 bridgehead atoms. The summed E-state index contributed by atoms with van der Waals surface area (Å²) in [5.41, 5.74) is 3.83. The van der Waals surface area contributed by atoms with E-state index in [-0.39, 0.29) is 11.8 Å². The molecule has 2 N–H and O–H groups in total. The van der Waals surface area contributed by atoms with Crippen LogP contribution in [0.15, 0.2) is 67.0 Å². The first-order chi connectivity index (χ1) is 15.0. The maximum absolute atomic E-state index is 12.9. The number of hydrogen-bond acceptors (Lipinski definition) is 4. The average Bonchev–Trinajstić information content (AvgIpc) is 2.78. The number of rotatable bonds is 8. The fourth-order valence-electron chi connectivity index (χ4n) is 3.19. The molecule has 160 valence electrons. The van der Waals surface area contributed by atoms with Crippen LogP contribution in [-0.2, 0) is 11.3 Å². The van der Waals surface area contributed by atoms with Crippen LogP contribution >= 0.6 is 0 Å². The number of carbonyl (C=O) groups excluding carboxylic acids is 2. The summed E-state index contributed by atoms with van der Waals surface area (Å²) in [7, 11) is 0. The van der Waals surface area contributed by atoms with Crippen molar-refractivity contribution in [2.75, 3.05) is 5.32 Å². The lowest BCUT2D eigenvalue weighted by atomic mass is 10.1. The Labute approximate surface area is 182 Å². The van der Waals surface area contributed by atoms with Crippen LogP contribution in [0, 0.1) is 13.8 Å². The number of aromatic nitrogens is 1. The Morgan fingerprint density at radius 3 is 2.58 bits per heavy atom. The summed E-state index contributed by atoms with van der Waals surface area (Å²) in [5, 5.41) is 5.72. The number of para-hydroxylation sites is 1. The molecule has 0 radical (unpaired) electrons. The number of amides is 2. The lowest BCUT2D eigenvalue weighted by Crippen LogP contribution is -2.33. The summed E-state index contributed by atoms with van der Waals surface area (Å²) in [6, 6.07) is 16.5. The first kappa shape index (κ1) is 22.0. The van der Waals surface area contributed by atoms with Crippen LogP contribution in [0.3, 0.4) is 0 Å². The highest BCUT2D eigenvalue weighted by molar-refractivity contribution is 6.04. The fourth-order valence-corrected chi connectivity index (χ4v) is 3.19. The summed E-state index contributed by atoms with van der Waals surface area (Å²) in [4.78, 5) is 29.7. The molecule has 0 fully saturated rings. The Kier molecular flexibility index (Phi) is 7.38. The van der Waals surface area contributed by atoms with Gasteiger partial charge in [-0.05, 0) is 55.7 Å². The molecule has 3 aromatic rings. The van der Waals surface area contributed by atoms with Crippen molar-refractivity contribution in [3.05, 3.63) is 89.2 Å². The van der Waals surface area contributed by atoms with Crippen LogP contribution in [-0.4, -0.2) is 22.9 Å². The van der Waals surface area contributed by atoms with Crippen molar-refractivity contribution in [1.29, 1.82) is 0 Å². The Morgan fingerprint density at radius 2 is 1.87 bits per heavy atom. The van der Waals surface area contributed by atoms with Crippen LogP contribution in [0.1, 0.15) is 40.4 Å². The predicted molar refractivity (Wildman–Crippen MR) is 121 cm³/mol. The van der Waals surface area contributed by atoms with Gasteiger partial charge in [0.2, 0.25) is 0 Å². The molecule has 0 aliphatic rings. The van der Waals surface area contributed by atoms with Gasteiger partial charge < -0.3 is 15.4 Å². The van der Waals surface area contributed by atoms with Gasteiger partial charge in [-0.2, -0.15) is 0 Å². The third-order valence-corrected chi connectivity index (χ3v) is 4.87. The molecule has 0 aliphatic heterocycles. The van der Waals surface area contributed by atoms with E-state index >= 15 is 0 Å². The van der Waals surface area contributed by atoms with E-state index in [1.807, 2.05) is 51.1 Å². The van der Waals surface area contributed by atoms with E-state index in [1.165, 1.54) is 0 Å². The highest BCUT2D eigenvalue weighted by Gasteiger charge is 2.21. The van der Waals surface area contributed by atoms with Crippen LogP contribution in [0.25, 0.3) is 0 Å².